The molecule has 1 aliphatic carbocycles. The maximum absolute atomic E-state index is 12.9. The van der Waals surface area contributed by atoms with Crippen LogP contribution in [0.1, 0.15) is 60.5 Å². The number of rotatable bonds is 8. The number of carbonyl (C=O) groups excluding carboxylic acids is 4. The third-order valence-corrected chi connectivity index (χ3v) is 5.57. The van der Waals surface area contributed by atoms with E-state index < -0.39 is 29.1 Å². The maximum Gasteiger partial charge on any atom is 0.408 e. The van der Waals surface area contributed by atoms with Crippen LogP contribution in [0.4, 0.5) is 4.79 Å². The average molecular weight is 470 g/mol. The number of esters is 1. The van der Waals surface area contributed by atoms with Crippen molar-refractivity contribution in [2.75, 3.05) is 6.61 Å². The molecule has 0 unspecified atom stereocenters. The van der Waals surface area contributed by atoms with Gasteiger partial charge in [0.05, 0.1) is 6.61 Å². The van der Waals surface area contributed by atoms with Crippen LogP contribution in [0.2, 0.25) is 0 Å². The van der Waals surface area contributed by atoms with Gasteiger partial charge < -0.3 is 14.8 Å². The fraction of sp³-hybridized carbons (Fsp3) is 0.481. The van der Waals surface area contributed by atoms with Crippen molar-refractivity contribution in [3.8, 4) is 0 Å². The average Bonchev–Trinajstić information content (AvgIpc) is 2.70. The van der Waals surface area contributed by atoms with Gasteiger partial charge in [-0.05, 0) is 58.1 Å². The molecule has 1 aromatic carbocycles. The molecule has 0 fully saturated rings. The molecule has 0 saturated carbocycles. The molecule has 0 aromatic heterocycles. The van der Waals surface area contributed by atoms with E-state index in [1.54, 1.807) is 34.6 Å². The number of carbonyl (C=O) groups is 4. The van der Waals surface area contributed by atoms with Crippen LogP contribution in [-0.2, 0) is 30.3 Å². The molecule has 2 rings (SSSR count). The smallest absolute Gasteiger partial charge is 0.408 e. The van der Waals surface area contributed by atoms with Crippen molar-refractivity contribution >= 4 is 23.6 Å². The topological polar surface area (TPSA) is 98.8 Å². The Morgan fingerprint density at radius 1 is 1.00 bits per heavy atom. The molecule has 34 heavy (non-hydrogen) atoms. The molecule has 1 amide bonds. The van der Waals surface area contributed by atoms with Crippen molar-refractivity contribution in [3.05, 3.63) is 58.7 Å². The number of ether oxygens (including phenoxy) is 2. The lowest BCUT2D eigenvalue weighted by Crippen LogP contribution is -2.45. The number of Topliss-reactive ketones (excluding diaryl/α,β-unsaturated/α-hetero) is 1. The molecule has 0 heterocycles. The van der Waals surface area contributed by atoms with E-state index in [0.717, 1.165) is 5.56 Å². The second-order valence-corrected chi connectivity index (χ2v) is 10.2. The van der Waals surface area contributed by atoms with Crippen molar-refractivity contribution in [2.24, 2.45) is 5.41 Å². The third kappa shape index (κ3) is 7.40. The summed E-state index contributed by atoms with van der Waals surface area (Å²) in [4.78, 5) is 50.2. The van der Waals surface area contributed by atoms with E-state index in [9.17, 15) is 19.2 Å². The molecule has 1 aromatic rings. The Hall–Kier alpha value is -3.22. The minimum Gasteiger partial charge on any atom is -0.464 e. The molecule has 7 nitrogen and oxygen atoms in total. The summed E-state index contributed by atoms with van der Waals surface area (Å²) < 4.78 is 10.8. The summed E-state index contributed by atoms with van der Waals surface area (Å²) in [5, 5.41) is 2.61. The molecule has 0 bridgehead atoms. The molecular weight excluding hydrogens is 434 g/mol. The summed E-state index contributed by atoms with van der Waals surface area (Å²) >= 11 is 0. The van der Waals surface area contributed by atoms with E-state index in [1.165, 1.54) is 6.08 Å². The first-order valence-corrected chi connectivity index (χ1v) is 11.4. The van der Waals surface area contributed by atoms with Crippen LogP contribution in [0, 0.1) is 5.41 Å². The van der Waals surface area contributed by atoms with Gasteiger partial charge in [0.25, 0.3) is 0 Å². The van der Waals surface area contributed by atoms with Gasteiger partial charge in [-0.3, -0.25) is 9.59 Å². The van der Waals surface area contributed by atoms with Gasteiger partial charge in [0.2, 0.25) is 0 Å². The molecule has 0 spiro atoms. The van der Waals surface area contributed by atoms with Crippen molar-refractivity contribution in [1.29, 1.82) is 0 Å². The maximum atomic E-state index is 12.9. The van der Waals surface area contributed by atoms with Crippen LogP contribution in [0.3, 0.4) is 0 Å². The van der Waals surface area contributed by atoms with Gasteiger partial charge in [-0.25, -0.2) is 9.59 Å². The molecule has 7 heteroatoms. The molecule has 1 atom stereocenters. The Morgan fingerprint density at radius 2 is 1.62 bits per heavy atom. The van der Waals surface area contributed by atoms with E-state index in [0.29, 0.717) is 23.1 Å². The number of hydrogen-bond acceptors (Lipinski definition) is 6. The molecule has 0 saturated heterocycles. The van der Waals surface area contributed by atoms with Crippen molar-refractivity contribution in [1.82, 2.24) is 5.32 Å². The van der Waals surface area contributed by atoms with E-state index in [2.05, 4.69) is 5.32 Å². The largest absolute Gasteiger partial charge is 0.464 e. The number of benzene rings is 1. The van der Waals surface area contributed by atoms with Crippen LogP contribution in [-0.4, -0.2) is 41.9 Å². The first-order valence-electron chi connectivity index (χ1n) is 11.4. The normalized spacial score (nSPS) is 15.6. The first kappa shape index (κ1) is 27.0. The fourth-order valence-electron chi connectivity index (χ4n) is 3.89. The quantitative estimate of drug-likeness (QED) is 0.445. The van der Waals surface area contributed by atoms with Crippen molar-refractivity contribution in [3.63, 3.8) is 0 Å². The zero-order valence-electron chi connectivity index (χ0n) is 21.1. The highest BCUT2D eigenvalue weighted by Crippen LogP contribution is 2.36. The predicted molar refractivity (Wildman–Crippen MR) is 129 cm³/mol. The number of amides is 1. The minimum atomic E-state index is -0.940. The second-order valence-electron chi connectivity index (χ2n) is 10.2. The summed E-state index contributed by atoms with van der Waals surface area (Å²) in [5.41, 5.74) is 0.752. The Labute approximate surface area is 201 Å². The third-order valence-electron chi connectivity index (χ3n) is 5.57. The highest BCUT2D eigenvalue weighted by atomic mass is 16.6. The molecular formula is C27H35NO6. The monoisotopic (exact) mass is 469 g/mol. The van der Waals surface area contributed by atoms with Gasteiger partial charge in [0.1, 0.15) is 11.6 Å². The Balaban J connectivity index is 2.08. The lowest BCUT2D eigenvalue weighted by atomic mass is 9.73. The summed E-state index contributed by atoms with van der Waals surface area (Å²) in [6.07, 6.45) is 1.23. The number of allylic oxidation sites excluding steroid dienone is 4. The number of hydrogen-bond donors (Lipinski definition) is 1. The van der Waals surface area contributed by atoms with Crippen molar-refractivity contribution < 1.29 is 28.7 Å². The molecule has 1 N–H and O–H groups in total. The van der Waals surface area contributed by atoms with Gasteiger partial charge >= 0.3 is 12.1 Å². The van der Waals surface area contributed by atoms with Gasteiger partial charge in [0.15, 0.2) is 11.6 Å². The molecule has 0 aliphatic heterocycles. The van der Waals surface area contributed by atoms with E-state index >= 15 is 0 Å². The molecule has 0 radical (unpaired) electrons. The van der Waals surface area contributed by atoms with Crippen LogP contribution < -0.4 is 5.32 Å². The Morgan fingerprint density at radius 3 is 2.21 bits per heavy atom. The van der Waals surface area contributed by atoms with Gasteiger partial charge in [-0.1, -0.05) is 44.2 Å². The van der Waals surface area contributed by atoms with E-state index in [4.69, 9.17) is 9.47 Å². The lowest BCUT2D eigenvalue weighted by Gasteiger charge is -2.30. The summed E-state index contributed by atoms with van der Waals surface area (Å²) in [7, 11) is 0. The second kappa shape index (κ2) is 10.8. The highest BCUT2D eigenvalue weighted by molar-refractivity contribution is 6.22. The van der Waals surface area contributed by atoms with E-state index in [-0.39, 0.29) is 24.6 Å². The van der Waals surface area contributed by atoms with Crippen LogP contribution in [0.15, 0.2) is 53.1 Å². The lowest BCUT2D eigenvalue weighted by molar-refractivity contribution is -0.146. The number of alkyl carbamates (subject to hydrolysis) is 1. The van der Waals surface area contributed by atoms with Crippen molar-refractivity contribution in [2.45, 2.75) is 73.0 Å². The minimum absolute atomic E-state index is 0.0219. The first-order chi connectivity index (χ1) is 15.7. The highest BCUT2D eigenvalue weighted by Gasteiger charge is 2.35. The zero-order chi connectivity index (χ0) is 25.7. The summed E-state index contributed by atoms with van der Waals surface area (Å²) in [6.45, 7) is 12.2. The van der Waals surface area contributed by atoms with Gasteiger partial charge in [0, 0.05) is 23.1 Å². The fourth-order valence-corrected chi connectivity index (χ4v) is 3.89. The van der Waals surface area contributed by atoms with Crippen LogP contribution in [0.5, 0.6) is 0 Å². The number of ketones is 2. The zero-order valence-corrected chi connectivity index (χ0v) is 21.1. The van der Waals surface area contributed by atoms with Crippen LogP contribution >= 0.6 is 0 Å². The Bertz CT molecular complexity index is 1010. The summed E-state index contributed by atoms with van der Waals surface area (Å²) in [5.74, 6) is -0.943. The molecule has 184 valence electrons. The van der Waals surface area contributed by atoms with Gasteiger partial charge in [-0.2, -0.15) is 0 Å². The molecule has 1 aliphatic rings. The predicted octanol–water partition coefficient (Wildman–Crippen LogP) is 4.50. The Kier molecular flexibility index (Phi) is 8.59. The standard InChI is InChI=1S/C27H35NO6/c1-17-15-21(29)22(18(2)23(17)30)27(6,7)13-14-33-24(31)20(16-19-11-9-8-10-12-19)28-25(32)34-26(3,4)5/h8-12,15,20H,13-14,16H2,1-7H3,(H,28,32)/t20-/m0/s1. The number of nitrogens with one attached hydrogen (secondary N) is 1. The van der Waals surface area contributed by atoms with E-state index in [1.807, 2.05) is 44.2 Å². The SMILES string of the molecule is CC1=CC(=O)C(C(C)(C)CCOC(=O)[C@H](Cc2ccccc2)NC(=O)OC(C)(C)C)=C(C)C1=O. The van der Waals surface area contributed by atoms with Crippen LogP contribution in [0.25, 0.3) is 0 Å². The summed E-state index contributed by atoms with van der Waals surface area (Å²) in [6, 6.07) is 8.34. The van der Waals surface area contributed by atoms with Gasteiger partial charge in [-0.15, -0.1) is 0 Å².